The Morgan fingerprint density at radius 1 is 1.69 bits per heavy atom. The van der Waals surface area contributed by atoms with Gasteiger partial charge in [-0.15, -0.1) is 0 Å². The quantitative estimate of drug-likeness (QED) is 0.663. The Hall–Kier alpha value is -1.59. The van der Waals surface area contributed by atoms with Crippen LogP contribution in [0.25, 0.3) is 0 Å². The van der Waals surface area contributed by atoms with Crippen molar-refractivity contribution in [1.29, 1.82) is 0 Å². The SMILES string of the molecule is C[C@@H]1NC(=O)O[C@@H]1c1ncnn1C. The van der Waals surface area contributed by atoms with Gasteiger partial charge >= 0.3 is 6.09 Å². The summed E-state index contributed by atoms with van der Waals surface area (Å²) in [5, 5.41) is 6.55. The number of nitrogens with one attached hydrogen (secondary N) is 1. The highest BCUT2D eigenvalue weighted by atomic mass is 16.6. The molecule has 1 aliphatic rings. The zero-order valence-corrected chi connectivity index (χ0v) is 7.39. The zero-order valence-electron chi connectivity index (χ0n) is 7.39. The molecule has 1 N–H and O–H groups in total. The molecule has 1 saturated heterocycles. The highest BCUT2D eigenvalue weighted by molar-refractivity contribution is 5.70. The van der Waals surface area contributed by atoms with Gasteiger partial charge in [0, 0.05) is 7.05 Å². The summed E-state index contributed by atoms with van der Waals surface area (Å²) in [7, 11) is 1.77. The number of cyclic esters (lactones) is 1. The Kier molecular flexibility index (Phi) is 1.68. The van der Waals surface area contributed by atoms with Crippen molar-refractivity contribution in [2.24, 2.45) is 7.05 Å². The lowest BCUT2D eigenvalue weighted by Crippen LogP contribution is -2.25. The van der Waals surface area contributed by atoms with E-state index in [1.54, 1.807) is 11.7 Å². The lowest BCUT2D eigenvalue weighted by Gasteiger charge is -2.10. The predicted octanol–water partition coefficient (Wildman–Crippen LogP) is -0.0155. The monoisotopic (exact) mass is 182 g/mol. The van der Waals surface area contributed by atoms with Crippen molar-refractivity contribution in [3.63, 3.8) is 0 Å². The lowest BCUT2D eigenvalue weighted by atomic mass is 10.2. The van der Waals surface area contributed by atoms with Gasteiger partial charge in [-0.2, -0.15) is 5.10 Å². The number of rotatable bonds is 1. The van der Waals surface area contributed by atoms with Crippen molar-refractivity contribution in [3.8, 4) is 0 Å². The minimum absolute atomic E-state index is 0.0598. The summed E-state index contributed by atoms with van der Waals surface area (Å²) in [6, 6.07) is -0.0598. The van der Waals surface area contributed by atoms with E-state index < -0.39 is 6.09 Å². The van der Waals surface area contributed by atoms with Gasteiger partial charge in [0.05, 0.1) is 6.04 Å². The van der Waals surface area contributed by atoms with Gasteiger partial charge in [0.2, 0.25) is 0 Å². The fourth-order valence-electron chi connectivity index (χ4n) is 1.35. The lowest BCUT2D eigenvalue weighted by molar-refractivity contribution is 0.126. The second-order valence-corrected chi connectivity index (χ2v) is 3.00. The molecule has 6 heteroatoms. The zero-order chi connectivity index (χ0) is 9.42. The number of nitrogens with zero attached hydrogens (tertiary/aromatic N) is 3. The van der Waals surface area contributed by atoms with Gasteiger partial charge in [-0.05, 0) is 6.92 Å². The maximum atomic E-state index is 10.9. The van der Waals surface area contributed by atoms with Crippen LogP contribution in [0, 0.1) is 0 Å². The number of amides is 1. The molecule has 2 heterocycles. The van der Waals surface area contributed by atoms with Crippen LogP contribution < -0.4 is 5.32 Å². The molecule has 0 bridgehead atoms. The maximum Gasteiger partial charge on any atom is 0.408 e. The molecule has 6 nitrogen and oxygen atoms in total. The molecule has 0 radical (unpaired) electrons. The molecule has 2 atom stereocenters. The molecule has 70 valence electrons. The van der Waals surface area contributed by atoms with Crippen LogP contribution in [0.3, 0.4) is 0 Å². The first kappa shape index (κ1) is 8.03. The van der Waals surface area contributed by atoms with E-state index in [9.17, 15) is 4.79 Å². The van der Waals surface area contributed by atoms with Gasteiger partial charge in [-0.1, -0.05) is 0 Å². The van der Waals surface area contributed by atoms with Crippen molar-refractivity contribution in [2.75, 3.05) is 0 Å². The van der Waals surface area contributed by atoms with Gasteiger partial charge in [0.25, 0.3) is 0 Å². The van der Waals surface area contributed by atoms with E-state index in [1.165, 1.54) is 6.33 Å². The van der Waals surface area contributed by atoms with Gasteiger partial charge in [0.1, 0.15) is 6.33 Å². The van der Waals surface area contributed by atoms with Crippen LogP contribution in [0.2, 0.25) is 0 Å². The van der Waals surface area contributed by atoms with Gasteiger partial charge < -0.3 is 10.1 Å². The van der Waals surface area contributed by atoms with Crippen LogP contribution in [0.5, 0.6) is 0 Å². The molecule has 13 heavy (non-hydrogen) atoms. The van der Waals surface area contributed by atoms with E-state index in [0.717, 1.165) is 0 Å². The highest BCUT2D eigenvalue weighted by Gasteiger charge is 2.34. The number of carbonyl (C=O) groups is 1. The molecule has 0 spiro atoms. The third-order valence-corrected chi connectivity index (χ3v) is 2.03. The average Bonchev–Trinajstić information content (AvgIpc) is 2.58. The first-order valence-electron chi connectivity index (χ1n) is 3.99. The number of aromatic nitrogens is 3. The van der Waals surface area contributed by atoms with Crippen LogP contribution in [-0.4, -0.2) is 26.9 Å². The Bertz CT molecular complexity index is 335. The highest BCUT2D eigenvalue weighted by Crippen LogP contribution is 2.23. The minimum atomic E-state index is -0.402. The summed E-state index contributed by atoms with van der Waals surface area (Å²) in [6.07, 6.45) is 0.703. The number of ether oxygens (including phenoxy) is 1. The fraction of sp³-hybridized carbons (Fsp3) is 0.571. The topological polar surface area (TPSA) is 69.0 Å². The Morgan fingerprint density at radius 2 is 2.46 bits per heavy atom. The molecule has 1 aliphatic heterocycles. The second kappa shape index (κ2) is 2.72. The number of aryl methyl sites for hydroxylation is 1. The molecule has 0 unspecified atom stereocenters. The maximum absolute atomic E-state index is 10.9. The van der Waals surface area contributed by atoms with Crippen LogP contribution in [-0.2, 0) is 11.8 Å². The van der Waals surface area contributed by atoms with Crippen molar-refractivity contribution in [2.45, 2.75) is 19.1 Å². The first-order chi connectivity index (χ1) is 6.18. The van der Waals surface area contributed by atoms with Gasteiger partial charge in [0.15, 0.2) is 11.9 Å². The van der Waals surface area contributed by atoms with Crippen molar-refractivity contribution < 1.29 is 9.53 Å². The third kappa shape index (κ3) is 1.24. The predicted molar refractivity (Wildman–Crippen MR) is 42.8 cm³/mol. The molecule has 0 aliphatic carbocycles. The summed E-state index contributed by atoms with van der Waals surface area (Å²) >= 11 is 0. The third-order valence-electron chi connectivity index (χ3n) is 2.03. The molecular weight excluding hydrogens is 172 g/mol. The Morgan fingerprint density at radius 3 is 2.92 bits per heavy atom. The van der Waals surface area contributed by atoms with E-state index >= 15 is 0 Å². The molecule has 1 aromatic rings. The number of alkyl carbamates (subject to hydrolysis) is 1. The van der Waals surface area contributed by atoms with E-state index in [4.69, 9.17) is 4.74 Å². The number of hydrogen-bond donors (Lipinski definition) is 1. The minimum Gasteiger partial charge on any atom is -0.436 e. The van der Waals surface area contributed by atoms with Crippen molar-refractivity contribution in [1.82, 2.24) is 20.1 Å². The average molecular weight is 182 g/mol. The van der Waals surface area contributed by atoms with E-state index in [2.05, 4.69) is 15.4 Å². The Balaban J connectivity index is 2.27. The summed E-state index contributed by atoms with van der Waals surface area (Å²) < 4.78 is 6.62. The standard InChI is InChI=1S/C7H10N4O2/c1-4-5(13-7(12)10-4)6-8-3-9-11(6)2/h3-5H,1-2H3,(H,10,12)/t4-,5-/m0/s1. The molecular formula is C7H10N4O2. The molecule has 1 amide bonds. The molecule has 1 aromatic heterocycles. The summed E-state index contributed by atoms with van der Waals surface area (Å²) in [5.41, 5.74) is 0. The number of hydrogen-bond acceptors (Lipinski definition) is 4. The molecule has 1 fully saturated rings. The summed E-state index contributed by atoms with van der Waals surface area (Å²) in [5.74, 6) is 0.658. The first-order valence-corrected chi connectivity index (χ1v) is 3.99. The van der Waals surface area contributed by atoms with Crippen molar-refractivity contribution >= 4 is 6.09 Å². The second-order valence-electron chi connectivity index (χ2n) is 3.00. The smallest absolute Gasteiger partial charge is 0.408 e. The molecule has 0 saturated carbocycles. The van der Waals surface area contributed by atoms with Crippen LogP contribution in [0.15, 0.2) is 6.33 Å². The largest absolute Gasteiger partial charge is 0.436 e. The fourth-order valence-corrected chi connectivity index (χ4v) is 1.35. The van der Waals surface area contributed by atoms with E-state index in [0.29, 0.717) is 5.82 Å². The summed E-state index contributed by atoms with van der Waals surface area (Å²) in [6.45, 7) is 1.87. The van der Waals surface area contributed by atoms with Gasteiger partial charge in [-0.25, -0.2) is 14.5 Å². The van der Waals surface area contributed by atoms with E-state index in [-0.39, 0.29) is 12.1 Å². The van der Waals surface area contributed by atoms with E-state index in [1.807, 2.05) is 6.92 Å². The molecule has 2 rings (SSSR count). The number of carbonyl (C=O) groups excluding carboxylic acids is 1. The van der Waals surface area contributed by atoms with Crippen LogP contribution in [0.1, 0.15) is 18.9 Å². The van der Waals surface area contributed by atoms with Crippen LogP contribution in [0.4, 0.5) is 4.79 Å². The normalized spacial score (nSPS) is 27.1. The molecule has 0 aromatic carbocycles. The summed E-state index contributed by atoms with van der Waals surface area (Å²) in [4.78, 5) is 14.9. The Labute approximate surface area is 74.9 Å². The van der Waals surface area contributed by atoms with Crippen molar-refractivity contribution in [3.05, 3.63) is 12.2 Å². The van der Waals surface area contributed by atoms with Gasteiger partial charge in [-0.3, -0.25) is 0 Å². The van der Waals surface area contributed by atoms with Crippen LogP contribution >= 0.6 is 0 Å².